The molecular formula is C12H20N4O. The first-order valence-corrected chi connectivity index (χ1v) is 6.07. The Kier molecular flexibility index (Phi) is 5.64. The normalized spacial score (nSPS) is 12.4. The maximum absolute atomic E-state index is 8.77. The Morgan fingerprint density at radius 3 is 2.76 bits per heavy atom. The van der Waals surface area contributed by atoms with Crippen LogP contribution in [0.1, 0.15) is 44.1 Å². The van der Waals surface area contributed by atoms with Crippen molar-refractivity contribution in [1.29, 1.82) is 5.26 Å². The summed E-state index contributed by atoms with van der Waals surface area (Å²) in [4.78, 5) is 0. The van der Waals surface area contributed by atoms with Crippen molar-refractivity contribution in [2.75, 3.05) is 13.7 Å². The molecule has 5 heteroatoms. The van der Waals surface area contributed by atoms with Crippen molar-refractivity contribution in [1.82, 2.24) is 15.0 Å². The number of ether oxygens (including phenoxy) is 1. The van der Waals surface area contributed by atoms with E-state index in [9.17, 15) is 0 Å². The third kappa shape index (κ3) is 3.27. The van der Waals surface area contributed by atoms with Gasteiger partial charge in [-0.05, 0) is 12.8 Å². The zero-order chi connectivity index (χ0) is 12.7. The van der Waals surface area contributed by atoms with Crippen LogP contribution in [-0.2, 0) is 17.6 Å². The fourth-order valence-electron chi connectivity index (χ4n) is 1.90. The van der Waals surface area contributed by atoms with Gasteiger partial charge in [0.2, 0.25) is 0 Å². The highest BCUT2D eigenvalue weighted by Crippen LogP contribution is 2.17. The molecule has 0 N–H and O–H groups in total. The molecule has 0 fully saturated rings. The van der Waals surface area contributed by atoms with Gasteiger partial charge in [0, 0.05) is 7.11 Å². The molecule has 1 unspecified atom stereocenters. The first-order valence-electron chi connectivity index (χ1n) is 6.07. The van der Waals surface area contributed by atoms with Crippen LogP contribution in [0, 0.1) is 11.3 Å². The topological polar surface area (TPSA) is 63.7 Å². The molecule has 17 heavy (non-hydrogen) atoms. The summed E-state index contributed by atoms with van der Waals surface area (Å²) < 4.78 is 7.13. The maximum Gasteiger partial charge on any atom is 0.0999 e. The second kappa shape index (κ2) is 7.02. The third-order valence-corrected chi connectivity index (χ3v) is 2.78. The van der Waals surface area contributed by atoms with E-state index in [1.165, 1.54) is 0 Å². The van der Waals surface area contributed by atoms with Crippen molar-refractivity contribution < 1.29 is 4.74 Å². The summed E-state index contributed by atoms with van der Waals surface area (Å²) in [7, 11) is 1.69. The van der Waals surface area contributed by atoms with Crippen molar-refractivity contribution in [2.24, 2.45) is 0 Å². The van der Waals surface area contributed by atoms with E-state index in [2.05, 4.69) is 30.2 Å². The van der Waals surface area contributed by atoms with Gasteiger partial charge in [0.25, 0.3) is 0 Å². The molecule has 1 heterocycles. The number of hydrogen-bond donors (Lipinski definition) is 0. The van der Waals surface area contributed by atoms with Gasteiger partial charge in [-0.2, -0.15) is 5.26 Å². The van der Waals surface area contributed by atoms with E-state index in [-0.39, 0.29) is 6.04 Å². The first kappa shape index (κ1) is 13.7. The Hall–Kier alpha value is -1.41. The summed E-state index contributed by atoms with van der Waals surface area (Å²) in [5.41, 5.74) is 1.89. The van der Waals surface area contributed by atoms with Crippen molar-refractivity contribution in [3.63, 3.8) is 0 Å². The number of aromatic nitrogens is 3. The van der Waals surface area contributed by atoms with Crippen LogP contribution in [0.3, 0.4) is 0 Å². The van der Waals surface area contributed by atoms with Crippen LogP contribution in [0.5, 0.6) is 0 Å². The molecule has 1 aromatic heterocycles. The lowest BCUT2D eigenvalue weighted by Gasteiger charge is -2.16. The molecule has 1 atom stereocenters. The highest BCUT2D eigenvalue weighted by Gasteiger charge is 2.18. The van der Waals surface area contributed by atoms with Gasteiger partial charge in [-0.25, -0.2) is 4.68 Å². The zero-order valence-electron chi connectivity index (χ0n) is 10.8. The third-order valence-electron chi connectivity index (χ3n) is 2.78. The molecule has 0 amide bonds. The highest BCUT2D eigenvalue weighted by molar-refractivity contribution is 5.15. The molecule has 1 aromatic rings. The van der Waals surface area contributed by atoms with Gasteiger partial charge in [-0.15, -0.1) is 5.10 Å². The molecule has 0 saturated heterocycles. The predicted molar refractivity (Wildman–Crippen MR) is 64.5 cm³/mol. The minimum Gasteiger partial charge on any atom is -0.382 e. The Bertz CT molecular complexity index is 380. The van der Waals surface area contributed by atoms with E-state index in [1.54, 1.807) is 7.11 Å². The molecule has 0 aromatic carbocycles. The van der Waals surface area contributed by atoms with E-state index in [0.29, 0.717) is 13.0 Å². The fourth-order valence-corrected chi connectivity index (χ4v) is 1.90. The van der Waals surface area contributed by atoms with Crippen LogP contribution >= 0.6 is 0 Å². The van der Waals surface area contributed by atoms with Crippen LogP contribution in [0.4, 0.5) is 0 Å². The van der Waals surface area contributed by atoms with Crippen molar-refractivity contribution in [3.05, 3.63) is 11.4 Å². The van der Waals surface area contributed by atoms with Gasteiger partial charge in [-0.1, -0.05) is 25.5 Å². The molecule has 1 rings (SSSR count). The SMILES string of the molecule is CCCc1c(CC#N)nnn1C(CC)COC. The van der Waals surface area contributed by atoms with E-state index in [4.69, 9.17) is 10.00 Å². The van der Waals surface area contributed by atoms with Gasteiger partial charge in [0.05, 0.1) is 36.5 Å². The lowest BCUT2D eigenvalue weighted by Crippen LogP contribution is -2.18. The van der Waals surface area contributed by atoms with Crippen molar-refractivity contribution in [2.45, 2.75) is 45.6 Å². The van der Waals surface area contributed by atoms with Crippen molar-refractivity contribution >= 4 is 0 Å². The smallest absolute Gasteiger partial charge is 0.0999 e. The number of methoxy groups -OCH3 is 1. The number of nitrogens with zero attached hydrogens (tertiary/aromatic N) is 4. The van der Waals surface area contributed by atoms with Crippen LogP contribution in [0.2, 0.25) is 0 Å². The van der Waals surface area contributed by atoms with Crippen LogP contribution in [0.15, 0.2) is 0 Å². The lowest BCUT2D eigenvalue weighted by molar-refractivity contribution is 0.144. The van der Waals surface area contributed by atoms with Gasteiger partial charge < -0.3 is 4.74 Å². The maximum atomic E-state index is 8.77. The number of rotatable bonds is 7. The lowest BCUT2D eigenvalue weighted by atomic mass is 10.1. The highest BCUT2D eigenvalue weighted by atomic mass is 16.5. The molecule has 0 bridgehead atoms. The standard InChI is InChI=1S/C12H20N4O/c1-4-6-12-11(7-8-13)14-15-16(12)10(5-2)9-17-3/h10H,4-7,9H2,1-3H3. The molecule has 5 nitrogen and oxygen atoms in total. The minimum atomic E-state index is 0.210. The summed E-state index contributed by atoms with van der Waals surface area (Å²) in [6.07, 6.45) is 3.21. The molecule has 0 aliphatic rings. The summed E-state index contributed by atoms with van der Waals surface area (Å²) in [6.45, 7) is 4.85. The van der Waals surface area contributed by atoms with Gasteiger partial charge >= 0.3 is 0 Å². The summed E-state index contributed by atoms with van der Waals surface area (Å²) in [5.74, 6) is 0. The van der Waals surface area contributed by atoms with Crippen LogP contribution < -0.4 is 0 Å². The van der Waals surface area contributed by atoms with E-state index in [0.717, 1.165) is 30.7 Å². The first-order chi connectivity index (χ1) is 8.28. The predicted octanol–water partition coefficient (Wildman–Crippen LogP) is 1.89. The summed E-state index contributed by atoms with van der Waals surface area (Å²) in [5, 5.41) is 17.1. The monoisotopic (exact) mass is 236 g/mol. The Morgan fingerprint density at radius 1 is 1.47 bits per heavy atom. The quantitative estimate of drug-likeness (QED) is 0.725. The van der Waals surface area contributed by atoms with Crippen LogP contribution in [-0.4, -0.2) is 28.7 Å². The second-order valence-corrected chi connectivity index (χ2v) is 4.03. The fraction of sp³-hybridized carbons (Fsp3) is 0.750. The molecule has 0 radical (unpaired) electrons. The molecule has 94 valence electrons. The number of hydrogen-bond acceptors (Lipinski definition) is 4. The Morgan fingerprint density at radius 2 is 2.24 bits per heavy atom. The molecule has 0 aliphatic carbocycles. The molecule has 0 spiro atoms. The van der Waals surface area contributed by atoms with Gasteiger partial charge in [0.1, 0.15) is 0 Å². The average molecular weight is 236 g/mol. The Labute approximate surface area is 102 Å². The summed E-state index contributed by atoms with van der Waals surface area (Å²) in [6, 6.07) is 2.35. The largest absolute Gasteiger partial charge is 0.382 e. The zero-order valence-corrected chi connectivity index (χ0v) is 10.8. The van der Waals surface area contributed by atoms with E-state index < -0.39 is 0 Å². The van der Waals surface area contributed by atoms with Gasteiger partial charge in [0.15, 0.2) is 0 Å². The molecule has 0 saturated carbocycles. The average Bonchev–Trinajstić information content (AvgIpc) is 2.71. The van der Waals surface area contributed by atoms with E-state index >= 15 is 0 Å². The molecular weight excluding hydrogens is 216 g/mol. The minimum absolute atomic E-state index is 0.210. The van der Waals surface area contributed by atoms with E-state index in [1.807, 2.05) is 4.68 Å². The molecule has 0 aliphatic heterocycles. The summed E-state index contributed by atoms with van der Waals surface area (Å²) >= 11 is 0. The Balaban J connectivity index is 3.00. The van der Waals surface area contributed by atoms with Crippen LogP contribution in [0.25, 0.3) is 0 Å². The number of nitriles is 1. The van der Waals surface area contributed by atoms with Gasteiger partial charge in [-0.3, -0.25) is 0 Å². The van der Waals surface area contributed by atoms with Crippen molar-refractivity contribution in [3.8, 4) is 6.07 Å². The second-order valence-electron chi connectivity index (χ2n) is 4.03.